The topological polar surface area (TPSA) is 286 Å². The van der Waals surface area contributed by atoms with Gasteiger partial charge < -0.3 is 61.1 Å². The molecule has 0 saturated carbocycles. The molecule has 20 nitrogen and oxygen atoms in total. The molecule has 4 aromatic carbocycles. The summed E-state index contributed by atoms with van der Waals surface area (Å²) in [7, 11) is 2.73. The van der Waals surface area contributed by atoms with Gasteiger partial charge in [0.25, 0.3) is 23.6 Å². The van der Waals surface area contributed by atoms with Gasteiger partial charge >= 0.3 is 11.9 Å². The van der Waals surface area contributed by atoms with Crippen LogP contribution in [0.3, 0.4) is 0 Å². The highest BCUT2D eigenvalue weighted by atomic mass is 16.5. The van der Waals surface area contributed by atoms with Crippen LogP contribution < -0.4 is 31.9 Å². The van der Waals surface area contributed by atoms with E-state index < -0.39 is 109 Å². The summed E-state index contributed by atoms with van der Waals surface area (Å²) >= 11 is 0. The lowest BCUT2D eigenvalue weighted by Gasteiger charge is -2.33. The van der Waals surface area contributed by atoms with E-state index in [1.807, 2.05) is 0 Å². The Morgan fingerprint density at radius 3 is 1.12 bits per heavy atom. The predicted molar refractivity (Wildman–Crippen MR) is 264 cm³/mol. The van der Waals surface area contributed by atoms with E-state index in [-0.39, 0.29) is 46.6 Å². The summed E-state index contributed by atoms with van der Waals surface area (Å²) < 4.78 is 22.2. The molecule has 0 saturated heterocycles. The van der Waals surface area contributed by atoms with Gasteiger partial charge in [0.15, 0.2) is 12.2 Å². The summed E-state index contributed by atoms with van der Waals surface area (Å²) in [5.41, 5.74) is 1.79. The fourth-order valence-corrected chi connectivity index (χ4v) is 7.17. The van der Waals surface area contributed by atoms with E-state index in [0.29, 0.717) is 11.4 Å². The number of benzene rings is 4. The lowest BCUT2D eigenvalue weighted by atomic mass is 9.97. The molecule has 0 fully saturated rings. The molecule has 20 heteroatoms. The van der Waals surface area contributed by atoms with Gasteiger partial charge in [-0.05, 0) is 97.5 Å². The zero-order valence-corrected chi connectivity index (χ0v) is 41.5. The number of ether oxygens (including phenoxy) is 4. The summed E-state index contributed by atoms with van der Waals surface area (Å²) in [4.78, 5) is 106. The lowest BCUT2D eigenvalue weighted by molar-refractivity contribution is -0.171. The van der Waals surface area contributed by atoms with Crippen LogP contribution in [0.5, 0.6) is 0 Å². The van der Waals surface area contributed by atoms with E-state index in [1.54, 1.807) is 65.8 Å². The van der Waals surface area contributed by atoms with Crippen LogP contribution in [0.4, 0.5) is 11.4 Å². The van der Waals surface area contributed by atoms with E-state index in [9.17, 15) is 48.6 Å². The Morgan fingerprint density at radius 1 is 0.486 bits per heavy atom. The minimum absolute atomic E-state index is 0.0810. The van der Waals surface area contributed by atoms with Crippen molar-refractivity contribution in [3.63, 3.8) is 0 Å². The van der Waals surface area contributed by atoms with E-state index in [1.165, 1.54) is 86.9 Å². The van der Waals surface area contributed by atoms with Crippen molar-refractivity contribution < 1.29 is 67.5 Å². The third-order valence-corrected chi connectivity index (χ3v) is 11.1. The molecule has 4 aromatic rings. The van der Waals surface area contributed by atoms with Crippen molar-refractivity contribution in [3.05, 3.63) is 130 Å². The van der Waals surface area contributed by atoms with Crippen LogP contribution >= 0.6 is 0 Å². The zero-order valence-electron chi connectivity index (χ0n) is 41.5. The molecule has 0 aliphatic rings. The third-order valence-electron chi connectivity index (χ3n) is 11.1. The monoisotopic (exact) mass is 996 g/mol. The first kappa shape index (κ1) is 57.1. The number of hydrogen-bond donors (Lipinski definition) is 8. The average molecular weight is 997 g/mol. The summed E-state index contributed by atoms with van der Waals surface area (Å²) in [5, 5.41) is 39.7. The molecule has 386 valence electrons. The molecule has 0 bridgehead atoms. The highest BCUT2D eigenvalue weighted by Crippen LogP contribution is 2.22. The Balaban J connectivity index is 1.69. The van der Waals surface area contributed by atoms with Crippen molar-refractivity contribution in [1.82, 2.24) is 21.3 Å². The number of carbonyl (C=O) groups excluding carboxylic acids is 8. The Hall–Kier alpha value is -7.52. The van der Waals surface area contributed by atoms with Crippen molar-refractivity contribution in [2.75, 3.05) is 37.9 Å². The van der Waals surface area contributed by atoms with Crippen LogP contribution in [-0.2, 0) is 51.3 Å². The van der Waals surface area contributed by atoms with Gasteiger partial charge in [0.05, 0.1) is 37.6 Å². The van der Waals surface area contributed by atoms with Crippen LogP contribution in [0.25, 0.3) is 0 Å². The second-order valence-electron chi connectivity index (χ2n) is 17.0. The molecule has 0 spiro atoms. The highest BCUT2D eigenvalue weighted by molar-refractivity contribution is 6.06. The normalized spacial score (nSPS) is 13.6. The quantitative estimate of drug-likeness (QED) is 0.0442. The van der Waals surface area contributed by atoms with Crippen molar-refractivity contribution in [3.8, 4) is 0 Å². The van der Waals surface area contributed by atoms with Gasteiger partial charge in [0.2, 0.25) is 11.8 Å². The number of carbonyl (C=O) groups is 8. The lowest BCUT2D eigenvalue weighted by Crippen LogP contribution is -2.60. The average Bonchev–Trinajstić information content (AvgIpc) is 3.37. The Labute approximate surface area is 417 Å². The fourth-order valence-electron chi connectivity index (χ4n) is 7.17. The number of amides is 6. The summed E-state index contributed by atoms with van der Waals surface area (Å²) in [5.74, 6) is -6.63. The largest absolute Gasteiger partial charge is 0.462 e. The van der Waals surface area contributed by atoms with Crippen molar-refractivity contribution in [1.29, 1.82) is 0 Å². The molecule has 6 atom stereocenters. The molecule has 8 N–H and O–H groups in total. The molecule has 72 heavy (non-hydrogen) atoms. The Kier molecular flexibility index (Phi) is 22.0. The van der Waals surface area contributed by atoms with Gasteiger partial charge in [-0.25, -0.2) is 9.59 Å². The number of hydrogen-bond acceptors (Lipinski definition) is 14. The molecule has 0 unspecified atom stereocenters. The Bertz CT molecular complexity index is 2340. The van der Waals surface area contributed by atoms with E-state index in [0.717, 1.165) is 0 Å². The van der Waals surface area contributed by atoms with Gasteiger partial charge in [0.1, 0.15) is 24.3 Å². The molecule has 6 amide bonds. The second-order valence-corrected chi connectivity index (χ2v) is 17.0. The van der Waals surface area contributed by atoms with E-state index in [2.05, 4.69) is 31.9 Å². The van der Waals surface area contributed by atoms with Gasteiger partial charge in [-0.3, -0.25) is 28.8 Å². The zero-order chi connectivity index (χ0) is 53.1. The van der Waals surface area contributed by atoms with Crippen LogP contribution in [0.15, 0.2) is 97.1 Å². The summed E-state index contributed by atoms with van der Waals surface area (Å²) in [6.07, 6.45) is -8.76. The summed E-state index contributed by atoms with van der Waals surface area (Å²) in [6, 6.07) is 22.0. The smallest absolute Gasteiger partial charge is 0.338 e. The molecular formula is C52H64N6O14. The van der Waals surface area contributed by atoms with Crippen molar-refractivity contribution in [2.24, 2.45) is 11.8 Å². The minimum Gasteiger partial charge on any atom is -0.462 e. The van der Waals surface area contributed by atoms with Gasteiger partial charge in [0, 0.05) is 36.6 Å². The van der Waals surface area contributed by atoms with Crippen molar-refractivity contribution >= 4 is 58.8 Å². The van der Waals surface area contributed by atoms with Gasteiger partial charge in [-0.1, -0.05) is 64.1 Å². The molecule has 0 aliphatic carbocycles. The number of aliphatic hydroxyl groups is 2. The maximum absolute atomic E-state index is 14.3. The molecular weight excluding hydrogens is 933 g/mol. The van der Waals surface area contributed by atoms with Crippen molar-refractivity contribution in [2.45, 2.75) is 91.3 Å². The molecule has 0 radical (unpaired) electrons. The third kappa shape index (κ3) is 15.7. The maximum Gasteiger partial charge on any atom is 0.338 e. The van der Waals surface area contributed by atoms with Crippen LogP contribution in [-0.4, -0.2) is 121 Å². The first-order valence-electron chi connectivity index (χ1n) is 23.3. The van der Waals surface area contributed by atoms with Crippen LogP contribution in [0.1, 0.15) is 94.1 Å². The maximum atomic E-state index is 14.3. The minimum atomic E-state index is -2.31. The number of rotatable bonds is 25. The standard InChI is InChI=1S/C52H64N6O14/c1-9-69-51(67)31-19-23-35(24-20-31)55-45(61)37-17-13-11-15-33(37)27-71-43(49(65)57-39(29(3)4)47(63)53-7)41(59)42(60)44(50(66)58-40(30(5)6)48(64)54-8)72-28-34-16-12-14-18-38(34)46(62)56-36-25-21-32(22-26-36)52(68)70-10-2/h11-26,29-30,39-44,59-60H,9-10,27-28H2,1-8H3,(H,53,63)(H,54,64)(H,55,61)(H,56,62)(H,57,65)(H,58,66)/t39-,40-,41+,42+,43+,44+/m0/s1. The molecule has 0 heterocycles. The first-order chi connectivity index (χ1) is 34.3. The van der Waals surface area contributed by atoms with Gasteiger partial charge in [-0.2, -0.15) is 0 Å². The number of anilines is 2. The molecule has 0 aliphatic heterocycles. The first-order valence-corrected chi connectivity index (χ1v) is 23.3. The van der Waals surface area contributed by atoms with E-state index in [4.69, 9.17) is 18.9 Å². The number of aliphatic hydroxyl groups excluding tert-OH is 2. The highest BCUT2D eigenvalue weighted by Gasteiger charge is 2.43. The molecule has 0 aromatic heterocycles. The predicted octanol–water partition coefficient (Wildman–Crippen LogP) is 3.51. The second kappa shape index (κ2) is 27.8. The van der Waals surface area contributed by atoms with Crippen LogP contribution in [0, 0.1) is 11.8 Å². The van der Waals surface area contributed by atoms with E-state index >= 15 is 0 Å². The number of nitrogens with one attached hydrogen (secondary N) is 6. The SMILES string of the molecule is CCOC(=O)c1ccc(NC(=O)c2ccccc2CO[C@@H](C(=O)N[C@H](C(=O)NC)C(C)C)[C@H](O)[C@@H](O)[C@@H](OCc2ccccc2C(=O)Nc2ccc(C(=O)OCC)cc2)C(=O)N[C@H](C(=O)NC)C(C)C)cc1. The Morgan fingerprint density at radius 2 is 0.819 bits per heavy atom. The number of esters is 2. The number of likely N-dealkylation sites (N-methyl/N-ethyl adjacent to an activating group) is 2. The van der Waals surface area contributed by atoms with Crippen LogP contribution in [0.2, 0.25) is 0 Å². The summed E-state index contributed by atoms with van der Waals surface area (Å²) in [6.45, 7) is 9.26. The fraction of sp³-hybridized carbons (Fsp3) is 0.385. The molecule has 4 rings (SSSR count). The van der Waals surface area contributed by atoms with Gasteiger partial charge in [-0.15, -0.1) is 0 Å².